The van der Waals surface area contributed by atoms with Crippen LogP contribution >= 0.6 is 0 Å². The topological polar surface area (TPSA) is 39.7 Å². The van der Waals surface area contributed by atoms with Gasteiger partial charge in [0, 0.05) is 69.8 Å². The molecule has 1 aromatic heterocycles. The molecule has 1 atom stereocenters. The Morgan fingerprint density at radius 3 is 2.46 bits per heavy atom. The van der Waals surface area contributed by atoms with Crippen LogP contribution in [0.3, 0.4) is 0 Å². The van der Waals surface area contributed by atoms with Gasteiger partial charge < -0.3 is 9.80 Å². The summed E-state index contributed by atoms with van der Waals surface area (Å²) in [5.41, 5.74) is 2.51. The zero-order valence-corrected chi connectivity index (χ0v) is 16.5. The van der Waals surface area contributed by atoms with Gasteiger partial charge in [0.25, 0.3) is 0 Å². The quantitative estimate of drug-likeness (QED) is 0.802. The van der Waals surface area contributed by atoms with Crippen molar-refractivity contribution in [2.45, 2.75) is 31.7 Å². The summed E-state index contributed by atoms with van der Waals surface area (Å²) in [6.07, 6.45) is 7.32. The highest BCUT2D eigenvalue weighted by atomic mass is 16.2. The molecule has 0 unspecified atom stereocenters. The molecule has 28 heavy (non-hydrogen) atoms. The molecule has 1 aromatic carbocycles. The summed E-state index contributed by atoms with van der Waals surface area (Å²) >= 11 is 0. The number of carbonyl (C=O) groups is 1. The van der Waals surface area contributed by atoms with Gasteiger partial charge in [-0.25, -0.2) is 0 Å². The molecule has 2 fully saturated rings. The lowest BCUT2D eigenvalue weighted by molar-refractivity contribution is -0.133. The summed E-state index contributed by atoms with van der Waals surface area (Å²) in [4.78, 5) is 23.9. The molecule has 0 saturated carbocycles. The summed E-state index contributed by atoms with van der Waals surface area (Å²) in [5, 5.41) is 0. The Morgan fingerprint density at radius 1 is 0.964 bits per heavy atom. The van der Waals surface area contributed by atoms with Gasteiger partial charge >= 0.3 is 0 Å². The maximum Gasteiger partial charge on any atom is 0.222 e. The van der Waals surface area contributed by atoms with E-state index in [-0.39, 0.29) is 0 Å². The van der Waals surface area contributed by atoms with Gasteiger partial charge in [0.05, 0.1) is 0 Å². The Kier molecular flexibility index (Phi) is 6.22. The Hall–Kier alpha value is -2.40. The van der Waals surface area contributed by atoms with Crippen LogP contribution < -0.4 is 4.90 Å². The first-order chi connectivity index (χ1) is 13.8. The van der Waals surface area contributed by atoms with Crippen LogP contribution in [0.25, 0.3) is 0 Å². The Bertz CT molecular complexity index is 744. The van der Waals surface area contributed by atoms with Crippen molar-refractivity contribution in [3.63, 3.8) is 0 Å². The zero-order valence-electron chi connectivity index (χ0n) is 16.5. The molecule has 2 aliphatic heterocycles. The van der Waals surface area contributed by atoms with E-state index in [0.717, 1.165) is 52.1 Å². The molecular formula is C23H30N4O. The van der Waals surface area contributed by atoms with Crippen molar-refractivity contribution >= 4 is 11.6 Å². The number of carbonyl (C=O) groups excluding carboxylic acids is 1. The molecule has 0 spiro atoms. The van der Waals surface area contributed by atoms with Crippen molar-refractivity contribution in [1.82, 2.24) is 14.8 Å². The van der Waals surface area contributed by atoms with Crippen molar-refractivity contribution in [2.75, 3.05) is 44.2 Å². The number of nitrogens with zero attached hydrogens (tertiary/aromatic N) is 4. The van der Waals surface area contributed by atoms with Gasteiger partial charge in [-0.1, -0.05) is 18.2 Å². The molecule has 4 rings (SSSR count). The average Bonchev–Trinajstić information content (AvgIpc) is 2.79. The molecule has 0 N–H and O–H groups in total. The highest BCUT2D eigenvalue weighted by Crippen LogP contribution is 2.21. The fourth-order valence-corrected chi connectivity index (χ4v) is 4.42. The average molecular weight is 379 g/mol. The number of amides is 1. The Balaban J connectivity index is 1.26. The number of benzene rings is 1. The number of likely N-dealkylation sites (tertiary alicyclic amines) is 1. The standard InChI is InChI=1S/C23H30N4O/c28-23(9-8-20-10-12-24-13-11-20)27-14-4-7-22(19-27)26-17-15-25(16-18-26)21-5-2-1-3-6-21/h1-3,5-6,10-13,22H,4,7-9,14-19H2/t22-/m0/s1. The van der Waals surface area contributed by atoms with E-state index in [2.05, 4.69) is 50.0 Å². The van der Waals surface area contributed by atoms with Crippen molar-refractivity contribution in [3.05, 3.63) is 60.4 Å². The van der Waals surface area contributed by atoms with Gasteiger partial charge in [-0.05, 0) is 49.1 Å². The molecule has 2 saturated heterocycles. The Morgan fingerprint density at radius 2 is 1.71 bits per heavy atom. The molecular weight excluding hydrogens is 348 g/mol. The van der Waals surface area contributed by atoms with E-state index >= 15 is 0 Å². The Labute approximate surface area is 168 Å². The van der Waals surface area contributed by atoms with Crippen molar-refractivity contribution in [3.8, 4) is 0 Å². The number of piperidine rings is 1. The first-order valence-corrected chi connectivity index (χ1v) is 10.5. The summed E-state index contributed by atoms with van der Waals surface area (Å²) in [7, 11) is 0. The normalized spacial score (nSPS) is 20.9. The summed E-state index contributed by atoms with van der Waals surface area (Å²) in [6, 6.07) is 15.2. The van der Waals surface area contributed by atoms with E-state index in [1.165, 1.54) is 17.7 Å². The fraction of sp³-hybridized carbons (Fsp3) is 0.478. The molecule has 2 aromatic rings. The van der Waals surface area contributed by atoms with E-state index in [9.17, 15) is 4.79 Å². The second-order valence-electron chi connectivity index (χ2n) is 7.85. The van der Waals surface area contributed by atoms with E-state index in [0.29, 0.717) is 18.4 Å². The van der Waals surface area contributed by atoms with Crippen LogP contribution in [-0.4, -0.2) is 66.0 Å². The van der Waals surface area contributed by atoms with Gasteiger partial charge in [-0.3, -0.25) is 14.7 Å². The SMILES string of the molecule is O=C(CCc1ccncc1)N1CCC[C@H](N2CCN(c3ccccc3)CC2)C1. The third-order valence-electron chi connectivity index (χ3n) is 6.08. The molecule has 148 valence electrons. The molecule has 2 aliphatic rings. The number of para-hydroxylation sites is 1. The third-order valence-corrected chi connectivity index (χ3v) is 6.08. The number of hydrogen-bond acceptors (Lipinski definition) is 4. The predicted molar refractivity (Wildman–Crippen MR) is 112 cm³/mol. The lowest BCUT2D eigenvalue weighted by atomic mass is 10.0. The second kappa shape index (κ2) is 9.20. The summed E-state index contributed by atoms with van der Waals surface area (Å²) < 4.78 is 0. The van der Waals surface area contributed by atoms with E-state index in [1.54, 1.807) is 12.4 Å². The van der Waals surface area contributed by atoms with Gasteiger partial charge in [-0.15, -0.1) is 0 Å². The van der Waals surface area contributed by atoms with Crippen LogP contribution in [0.1, 0.15) is 24.8 Å². The summed E-state index contributed by atoms with van der Waals surface area (Å²) in [6.45, 7) is 6.10. The lowest BCUT2D eigenvalue weighted by Crippen LogP contribution is -2.55. The van der Waals surface area contributed by atoms with Crippen LogP contribution in [0.4, 0.5) is 5.69 Å². The first-order valence-electron chi connectivity index (χ1n) is 10.5. The smallest absolute Gasteiger partial charge is 0.222 e. The van der Waals surface area contributed by atoms with E-state index < -0.39 is 0 Å². The fourth-order valence-electron chi connectivity index (χ4n) is 4.42. The number of pyridine rings is 1. The molecule has 0 radical (unpaired) electrons. The number of aromatic nitrogens is 1. The highest BCUT2D eigenvalue weighted by Gasteiger charge is 2.29. The van der Waals surface area contributed by atoms with Crippen molar-refractivity contribution < 1.29 is 4.79 Å². The van der Waals surface area contributed by atoms with Crippen molar-refractivity contribution in [2.24, 2.45) is 0 Å². The number of hydrogen-bond donors (Lipinski definition) is 0. The first kappa shape index (κ1) is 18.9. The zero-order chi connectivity index (χ0) is 19.2. The number of piperazine rings is 1. The molecule has 1 amide bonds. The van der Waals surface area contributed by atoms with Gasteiger partial charge in [0.2, 0.25) is 5.91 Å². The van der Waals surface area contributed by atoms with Crippen LogP contribution in [0, 0.1) is 0 Å². The third kappa shape index (κ3) is 4.71. The molecule has 0 bridgehead atoms. The maximum absolute atomic E-state index is 12.7. The highest BCUT2D eigenvalue weighted by molar-refractivity contribution is 5.76. The van der Waals surface area contributed by atoms with Gasteiger partial charge in [-0.2, -0.15) is 0 Å². The van der Waals surface area contributed by atoms with Crippen LogP contribution in [0.5, 0.6) is 0 Å². The minimum atomic E-state index is 0.296. The van der Waals surface area contributed by atoms with E-state index in [1.807, 2.05) is 12.1 Å². The van der Waals surface area contributed by atoms with Gasteiger partial charge in [0.15, 0.2) is 0 Å². The minimum absolute atomic E-state index is 0.296. The second-order valence-corrected chi connectivity index (χ2v) is 7.85. The predicted octanol–water partition coefficient (Wildman–Crippen LogP) is 2.83. The van der Waals surface area contributed by atoms with Crippen LogP contribution in [0.2, 0.25) is 0 Å². The molecule has 3 heterocycles. The summed E-state index contributed by atoms with van der Waals surface area (Å²) in [5.74, 6) is 0.296. The van der Waals surface area contributed by atoms with E-state index in [4.69, 9.17) is 0 Å². The molecule has 5 heteroatoms. The monoisotopic (exact) mass is 378 g/mol. The van der Waals surface area contributed by atoms with Crippen LogP contribution in [-0.2, 0) is 11.2 Å². The minimum Gasteiger partial charge on any atom is -0.369 e. The molecule has 5 nitrogen and oxygen atoms in total. The number of aryl methyl sites for hydroxylation is 1. The van der Waals surface area contributed by atoms with Gasteiger partial charge in [0.1, 0.15) is 0 Å². The largest absolute Gasteiger partial charge is 0.369 e. The maximum atomic E-state index is 12.7. The number of rotatable bonds is 5. The lowest BCUT2D eigenvalue weighted by Gasteiger charge is -2.44. The molecule has 0 aliphatic carbocycles. The van der Waals surface area contributed by atoms with Crippen LogP contribution in [0.15, 0.2) is 54.9 Å². The number of anilines is 1. The van der Waals surface area contributed by atoms with Crippen molar-refractivity contribution in [1.29, 1.82) is 0 Å².